The molecular weight excluding hydrogens is 196 g/mol. The summed E-state index contributed by atoms with van der Waals surface area (Å²) in [5.41, 5.74) is 1.21. The second kappa shape index (κ2) is 5.26. The number of phenols is 1. The van der Waals surface area contributed by atoms with Crippen molar-refractivity contribution >= 4 is 11.6 Å². The van der Waals surface area contributed by atoms with Crippen LogP contribution in [0, 0.1) is 0 Å². The van der Waals surface area contributed by atoms with E-state index in [1.165, 1.54) is 24.8 Å². The van der Waals surface area contributed by atoms with Crippen molar-refractivity contribution in [2.75, 3.05) is 0 Å². The molecule has 0 radical (unpaired) electrons. The standard InChI is InChI=1S/C12H17ClO/c1-3-4-5-9(2)10-6-7-12(14)11(13)8-10/h6-9,14H,3-5H2,1-2H3. The molecule has 14 heavy (non-hydrogen) atoms. The van der Waals surface area contributed by atoms with Crippen molar-refractivity contribution in [1.82, 2.24) is 0 Å². The number of halogens is 1. The molecule has 1 atom stereocenters. The molecule has 0 aliphatic heterocycles. The molecule has 1 unspecified atom stereocenters. The fourth-order valence-electron chi connectivity index (χ4n) is 1.51. The zero-order valence-electron chi connectivity index (χ0n) is 8.76. The van der Waals surface area contributed by atoms with Crippen molar-refractivity contribution in [3.8, 4) is 5.75 Å². The van der Waals surface area contributed by atoms with Crippen LogP contribution in [-0.2, 0) is 0 Å². The van der Waals surface area contributed by atoms with Gasteiger partial charge >= 0.3 is 0 Å². The molecule has 1 rings (SSSR count). The van der Waals surface area contributed by atoms with Crippen LogP contribution in [0.25, 0.3) is 0 Å². The highest BCUT2D eigenvalue weighted by molar-refractivity contribution is 6.32. The first kappa shape index (κ1) is 11.4. The van der Waals surface area contributed by atoms with Crippen LogP contribution in [0.3, 0.4) is 0 Å². The molecule has 2 heteroatoms. The van der Waals surface area contributed by atoms with Gasteiger partial charge < -0.3 is 5.11 Å². The maximum absolute atomic E-state index is 9.27. The molecular formula is C12H17ClO. The summed E-state index contributed by atoms with van der Waals surface area (Å²) >= 11 is 5.84. The van der Waals surface area contributed by atoms with Gasteiger partial charge in [0.05, 0.1) is 5.02 Å². The molecule has 0 amide bonds. The van der Waals surface area contributed by atoms with Crippen LogP contribution in [0.5, 0.6) is 5.75 Å². The van der Waals surface area contributed by atoms with Gasteiger partial charge in [-0.2, -0.15) is 0 Å². The van der Waals surface area contributed by atoms with Crippen molar-refractivity contribution in [1.29, 1.82) is 0 Å². The lowest BCUT2D eigenvalue weighted by molar-refractivity contribution is 0.475. The lowest BCUT2D eigenvalue weighted by Gasteiger charge is -2.11. The van der Waals surface area contributed by atoms with Crippen LogP contribution >= 0.6 is 11.6 Å². The normalized spacial score (nSPS) is 12.8. The summed E-state index contributed by atoms with van der Waals surface area (Å²) < 4.78 is 0. The minimum Gasteiger partial charge on any atom is -0.506 e. The van der Waals surface area contributed by atoms with E-state index in [2.05, 4.69) is 13.8 Å². The molecule has 1 aromatic rings. The monoisotopic (exact) mass is 212 g/mol. The van der Waals surface area contributed by atoms with Gasteiger partial charge in [0, 0.05) is 0 Å². The van der Waals surface area contributed by atoms with Gasteiger partial charge in [-0.15, -0.1) is 0 Å². The minimum absolute atomic E-state index is 0.165. The summed E-state index contributed by atoms with van der Waals surface area (Å²) in [6, 6.07) is 5.47. The van der Waals surface area contributed by atoms with Crippen molar-refractivity contribution in [2.24, 2.45) is 0 Å². The molecule has 1 N–H and O–H groups in total. The molecule has 0 saturated heterocycles. The Labute approximate surface area is 90.7 Å². The summed E-state index contributed by atoms with van der Waals surface area (Å²) in [4.78, 5) is 0. The Bertz CT molecular complexity index is 296. The van der Waals surface area contributed by atoms with Gasteiger partial charge in [-0.05, 0) is 30.0 Å². The number of benzene rings is 1. The topological polar surface area (TPSA) is 20.2 Å². The smallest absolute Gasteiger partial charge is 0.134 e. The van der Waals surface area contributed by atoms with E-state index < -0.39 is 0 Å². The summed E-state index contributed by atoms with van der Waals surface area (Å²) in [7, 11) is 0. The van der Waals surface area contributed by atoms with E-state index in [1.807, 2.05) is 12.1 Å². The fourth-order valence-corrected chi connectivity index (χ4v) is 1.70. The third kappa shape index (κ3) is 2.91. The van der Waals surface area contributed by atoms with E-state index in [9.17, 15) is 5.11 Å². The first-order valence-electron chi connectivity index (χ1n) is 5.13. The van der Waals surface area contributed by atoms with Crippen LogP contribution in [0.2, 0.25) is 5.02 Å². The molecule has 0 saturated carbocycles. The Morgan fingerprint density at radius 1 is 1.43 bits per heavy atom. The zero-order valence-corrected chi connectivity index (χ0v) is 9.51. The van der Waals surface area contributed by atoms with E-state index in [0.29, 0.717) is 10.9 Å². The van der Waals surface area contributed by atoms with Gasteiger partial charge in [-0.1, -0.05) is 44.4 Å². The quantitative estimate of drug-likeness (QED) is 0.787. The van der Waals surface area contributed by atoms with Crippen LogP contribution in [0.1, 0.15) is 44.6 Å². The second-order valence-corrected chi connectivity index (χ2v) is 4.16. The molecule has 0 fully saturated rings. The molecule has 1 aromatic carbocycles. The Kier molecular flexibility index (Phi) is 4.27. The average Bonchev–Trinajstić information content (AvgIpc) is 2.18. The first-order chi connectivity index (χ1) is 6.65. The van der Waals surface area contributed by atoms with Crippen LogP contribution in [0.15, 0.2) is 18.2 Å². The minimum atomic E-state index is 0.165. The van der Waals surface area contributed by atoms with Crippen LogP contribution in [0.4, 0.5) is 0 Å². The zero-order chi connectivity index (χ0) is 10.6. The number of phenolic OH excluding ortho intramolecular Hbond substituents is 1. The largest absolute Gasteiger partial charge is 0.506 e. The Hall–Kier alpha value is -0.690. The summed E-state index contributed by atoms with van der Waals surface area (Å²) in [6.45, 7) is 4.38. The molecule has 0 bridgehead atoms. The number of rotatable bonds is 4. The van der Waals surface area contributed by atoms with Crippen LogP contribution in [-0.4, -0.2) is 5.11 Å². The number of hydrogen-bond acceptors (Lipinski definition) is 1. The van der Waals surface area contributed by atoms with Gasteiger partial charge in [-0.3, -0.25) is 0 Å². The Morgan fingerprint density at radius 3 is 2.71 bits per heavy atom. The van der Waals surface area contributed by atoms with Crippen molar-refractivity contribution < 1.29 is 5.11 Å². The molecule has 0 spiro atoms. The highest BCUT2D eigenvalue weighted by Gasteiger charge is 2.07. The third-order valence-corrected chi connectivity index (χ3v) is 2.83. The SMILES string of the molecule is CCCCC(C)c1ccc(O)c(Cl)c1. The van der Waals surface area contributed by atoms with Crippen LogP contribution < -0.4 is 0 Å². The molecule has 0 aliphatic rings. The van der Waals surface area contributed by atoms with E-state index in [1.54, 1.807) is 6.07 Å². The fraction of sp³-hybridized carbons (Fsp3) is 0.500. The first-order valence-corrected chi connectivity index (χ1v) is 5.51. The second-order valence-electron chi connectivity index (χ2n) is 3.75. The third-order valence-electron chi connectivity index (χ3n) is 2.53. The summed E-state index contributed by atoms with van der Waals surface area (Å²) in [5, 5.41) is 9.72. The predicted octanol–water partition coefficient (Wildman–Crippen LogP) is 4.34. The Balaban J connectivity index is 2.70. The van der Waals surface area contributed by atoms with Crippen molar-refractivity contribution in [2.45, 2.75) is 39.0 Å². The predicted molar refractivity (Wildman–Crippen MR) is 61.1 cm³/mol. The summed E-state index contributed by atoms with van der Waals surface area (Å²) in [5.74, 6) is 0.686. The summed E-state index contributed by atoms with van der Waals surface area (Å²) in [6.07, 6.45) is 3.63. The lowest BCUT2D eigenvalue weighted by Crippen LogP contribution is -1.93. The maximum atomic E-state index is 9.27. The molecule has 1 nitrogen and oxygen atoms in total. The van der Waals surface area contributed by atoms with E-state index in [0.717, 1.165) is 0 Å². The number of unbranched alkanes of at least 4 members (excludes halogenated alkanes) is 1. The van der Waals surface area contributed by atoms with E-state index in [4.69, 9.17) is 11.6 Å². The highest BCUT2D eigenvalue weighted by atomic mass is 35.5. The van der Waals surface area contributed by atoms with Gasteiger partial charge in [0.1, 0.15) is 5.75 Å². The van der Waals surface area contributed by atoms with Gasteiger partial charge in [-0.25, -0.2) is 0 Å². The molecule has 0 heterocycles. The van der Waals surface area contributed by atoms with Crippen molar-refractivity contribution in [3.63, 3.8) is 0 Å². The van der Waals surface area contributed by atoms with Crippen molar-refractivity contribution in [3.05, 3.63) is 28.8 Å². The molecule has 78 valence electrons. The number of hydrogen-bond donors (Lipinski definition) is 1. The van der Waals surface area contributed by atoms with Gasteiger partial charge in [0.25, 0.3) is 0 Å². The van der Waals surface area contributed by atoms with E-state index in [-0.39, 0.29) is 5.75 Å². The molecule has 0 aromatic heterocycles. The highest BCUT2D eigenvalue weighted by Crippen LogP contribution is 2.29. The van der Waals surface area contributed by atoms with Gasteiger partial charge in [0.15, 0.2) is 0 Å². The molecule has 0 aliphatic carbocycles. The Morgan fingerprint density at radius 2 is 2.14 bits per heavy atom. The average molecular weight is 213 g/mol. The van der Waals surface area contributed by atoms with Gasteiger partial charge in [0.2, 0.25) is 0 Å². The van der Waals surface area contributed by atoms with E-state index >= 15 is 0 Å². The maximum Gasteiger partial charge on any atom is 0.134 e. The lowest BCUT2D eigenvalue weighted by atomic mass is 9.95. The number of aromatic hydroxyl groups is 1.